The van der Waals surface area contributed by atoms with Crippen molar-refractivity contribution in [2.24, 2.45) is 0 Å². The summed E-state index contributed by atoms with van der Waals surface area (Å²) in [4.78, 5) is 6.69. The van der Waals surface area contributed by atoms with Crippen LogP contribution in [0.25, 0.3) is 0 Å². The van der Waals surface area contributed by atoms with E-state index >= 15 is 0 Å². The lowest BCUT2D eigenvalue weighted by Gasteiger charge is -2.24. The van der Waals surface area contributed by atoms with Gasteiger partial charge < -0.3 is 10.0 Å². The van der Waals surface area contributed by atoms with E-state index in [9.17, 15) is 10.4 Å². The highest BCUT2D eigenvalue weighted by molar-refractivity contribution is 5.67. The first-order chi connectivity index (χ1) is 10.2. The second-order valence-electron chi connectivity index (χ2n) is 5.19. The van der Waals surface area contributed by atoms with Crippen LogP contribution in [0.2, 0.25) is 0 Å². The quantitative estimate of drug-likeness (QED) is 0.936. The highest BCUT2D eigenvalue weighted by Crippen LogP contribution is 2.32. The number of hydrogen-bond acceptors (Lipinski definition) is 4. The molecule has 4 nitrogen and oxygen atoms in total. The van der Waals surface area contributed by atoms with Gasteiger partial charge in [-0.25, -0.2) is 4.98 Å². The molecule has 1 aromatic carbocycles. The van der Waals surface area contributed by atoms with Crippen LogP contribution in [0.3, 0.4) is 0 Å². The number of nitriles is 1. The van der Waals surface area contributed by atoms with Crippen LogP contribution in [0.4, 0.5) is 11.5 Å². The number of nitrogens with zero attached hydrogens (tertiary/aromatic N) is 3. The van der Waals surface area contributed by atoms with Crippen LogP contribution in [0.15, 0.2) is 30.3 Å². The average molecular weight is 279 g/mol. The van der Waals surface area contributed by atoms with Gasteiger partial charge in [0.15, 0.2) is 5.82 Å². The van der Waals surface area contributed by atoms with E-state index < -0.39 is 0 Å². The van der Waals surface area contributed by atoms with Gasteiger partial charge in [0.1, 0.15) is 11.8 Å². The van der Waals surface area contributed by atoms with Gasteiger partial charge in [0.2, 0.25) is 0 Å². The van der Waals surface area contributed by atoms with Gasteiger partial charge in [-0.05, 0) is 49.9 Å². The molecule has 106 valence electrons. The lowest BCUT2D eigenvalue weighted by molar-refractivity contribution is 0.475. The van der Waals surface area contributed by atoms with Crippen LogP contribution < -0.4 is 4.90 Å². The normalized spacial score (nSPS) is 12.8. The maximum absolute atomic E-state index is 9.67. The number of rotatable bonds is 3. The number of aromatic hydroxyl groups is 1. The summed E-state index contributed by atoms with van der Waals surface area (Å²) in [6, 6.07) is 11.3. The fraction of sp³-hybridized carbons (Fsp3) is 0.294. The molecule has 21 heavy (non-hydrogen) atoms. The van der Waals surface area contributed by atoms with Crippen LogP contribution in [-0.2, 0) is 12.8 Å². The Balaban J connectivity index is 2.11. The molecule has 0 spiro atoms. The third-order valence-electron chi connectivity index (χ3n) is 3.86. The number of hydrogen-bond donors (Lipinski definition) is 1. The number of benzene rings is 1. The van der Waals surface area contributed by atoms with Crippen molar-refractivity contribution in [3.05, 3.63) is 47.2 Å². The zero-order chi connectivity index (χ0) is 14.8. The van der Waals surface area contributed by atoms with Crippen molar-refractivity contribution in [2.75, 3.05) is 11.4 Å². The van der Waals surface area contributed by atoms with Crippen LogP contribution in [0.5, 0.6) is 5.75 Å². The van der Waals surface area contributed by atoms with Gasteiger partial charge in [-0.1, -0.05) is 6.07 Å². The minimum absolute atomic E-state index is 0.214. The van der Waals surface area contributed by atoms with E-state index in [1.807, 2.05) is 24.0 Å². The first-order valence-electron chi connectivity index (χ1n) is 7.22. The van der Waals surface area contributed by atoms with Gasteiger partial charge in [0.05, 0.1) is 5.56 Å². The minimum atomic E-state index is 0.214. The third-order valence-corrected chi connectivity index (χ3v) is 3.86. The molecule has 1 heterocycles. The summed E-state index contributed by atoms with van der Waals surface area (Å²) in [6.07, 6.45) is 3.09. The Morgan fingerprint density at radius 1 is 1.33 bits per heavy atom. The third kappa shape index (κ3) is 2.43. The fourth-order valence-corrected chi connectivity index (χ4v) is 2.86. The zero-order valence-corrected chi connectivity index (χ0v) is 12.0. The summed E-state index contributed by atoms with van der Waals surface area (Å²) in [5.74, 6) is 0.900. The van der Waals surface area contributed by atoms with E-state index in [1.54, 1.807) is 18.2 Å². The van der Waals surface area contributed by atoms with Crippen molar-refractivity contribution >= 4 is 11.5 Å². The van der Waals surface area contributed by atoms with Crippen molar-refractivity contribution in [1.29, 1.82) is 5.26 Å². The smallest absolute Gasteiger partial charge is 0.151 e. The highest BCUT2D eigenvalue weighted by atomic mass is 16.3. The predicted molar refractivity (Wildman–Crippen MR) is 81.8 cm³/mol. The number of phenols is 1. The second-order valence-corrected chi connectivity index (χ2v) is 5.19. The van der Waals surface area contributed by atoms with E-state index in [1.165, 1.54) is 5.56 Å². The molecule has 0 saturated heterocycles. The summed E-state index contributed by atoms with van der Waals surface area (Å²) in [5, 5.41) is 19.1. The second kappa shape index (κ2) is 5.45. The van der Waals surface area contributed by atoms with Crippen molar-refractivity contribution in [3.8, 4) is 11.8 Å². The number of anilines is 2. The molecule has 0 saturated carbocycles. The topological polar surface area (TPSA) is 60.1 Å². The highest BCUT2D eigenvalue weighted by Gasteiger charge is 2.20. The molecule has 0 atom stereocenters. The van der Waals surface area contributed by atoms with E-state index in [4.69, 9.17) is 4.98 Å². The van der Waals surface area contributed by atoms with Crippen LogP contribution in [0.1, 0.15) is 30.2 Å². The molecule has 0 bridgehead atoms. The lowest BCUT2D eigenvalue weighted by Crippen LogP contribution is -2.19. The maximum Gasteiger partial charge on any atom is 0.151 e. The number of aromatic nitrogens is 1. The fourth-order valence-electron chi connectivity index (χ4n) is 2.86. The van der Waals surface area contributed by atoms with Crippen LogP contribution in [0, 0.1) is 11.3 Å². The molecule has 4 heteroatoms. The molecule has 0 unspecified atom stereocenters. The lowest BCUT2D eigenvalue weighted by atomic mass is 10.1. The zero-order valence-electron chi connectivity index (χ0n) is 12.0. The van der Waals surface area contributed by atoms with E-state index in [2.05, 4.69) is 6.07 Å². The maximum atomic E-state index is 9.67. The van der Waals surface area contributed by atoms with Crippen molar-refractivity contribution in [1.82, 2.24) is 4.98 Å². The number of aryl methyl sites for hydroxylation is 2. The number of pyridine rings is 1. The Kier molecular flexibility index (Phi) is 3.49. The Labute approximate surface area is 124 Å². The van der Waals surface area contributed by atoms with E-state index in [0.29, 0.717) is 17.9 Å². The number of phenolic OH excluding ortho intramolecular Hbond substituents is 1. The Morgan fingerprint density at radius 3 is 2.90 bits per heavy atom. The van der Waals surface area contributed by atoms with Gasteiger partial charge >= 0.3 is 0 Å². The molecular formula is C17H17N3O. The molecule has 0 amide bonds. The summed E-state index contributed by atoms with van der Waals surface area (Å²) >= 11 is 0. The molecule has 1 aliphatic carbocycles. The molecule has 0 fully saturated rings. The van der Waals surface area contributed by atoms with Gasteiger partial charge in [0.25, 0.3) is 0 Å². The van der Waals surface area contributed by atoms with Crippen molar-refractivity contribution in [3.63, 3.8) is 0 Å². The van der Waals surface area contributed by atoms with Gasteiger partial charge in [-0.2, -0.15) is 5.26 Å². The summed E-state index contributed by atoms with van der Waals surface area (Å²) in [5.41, 5.74) is 3.74. The molecule has 1 aromatic heterocycles. The largest absolute Gasteiger partial charge is 0.508 e. The van der Waals surface area contributed by atoms with Gasteiger partial charge in [-0.15, -0.1) is 0 Å². The number of fused-ring (bicyclic) bond motifs is 1. The van der Waals surface area contributed by atoms with Crippen molar-refractivity contribution < 1.29 is 5.11 Å². The first kappa shape index (κ1) is 13.4. The van der Waals surface area contributed by atoms with E-state index in [-0.39, 0.29) is 5.75 Å². The standard InChI is InChI=1S/C17H17N3O/c1-2-20(14-6-4-7-15(21)10-14)17-13(11-18)9-12-5-3-8-16(12)19-17/h4,6-7,9-10,21H,2-3,5,8H2,1H3. The first-order valence-corrected chi connectivity index (χ1v) is 7.22. The predicted octanol–water partition coefficient (Wildman–Crippen LogP) is 3.31. The van der Waals surface area contributed by atoms with Gasteiger partial charge in [-0.3, -0.25) is 0 Å². The average Bonchev–Trinajstić information content (AvgIpc) is 2.94. The molecule has 0 radical (unpaired) electrons. The van der Waals surface area contributed by atoms with Crippen LogP contribution >= 0.6 is 0 Å². The molecule has 0 aliphatic heterocycles. The summed E-state index contributed by atoms with van der Waals surface area (Å²) in [6.45, 7) is 2.70. The molecule has 3 rings (SSSR count). The molecule has 1 N–H and O–H groups in total. The SMILES string of the molecule is CCN(c1cccc(O)c1)c1nc2c(cc1C#N)CCC2. The Morgan fingerprint density at radius 2 is 2.19 bits per heavy atom. The van der Waals surface area contributed by atoms with Gasteiger partial charge in [0, 0.05) is 24.0 Å². The summed E-state index contributed by atoms with van der Waals surface area (Å²) in [7, 11) is 0. The molecule has 2 aromatic rings. The summed E-state index contributed by atoms with van der Waals surface area (Å²) < 4.78 is 0. The Hall–Kier alpha value is -2.54. The van der Waals surface area contributed by atoms with Crippen LogP contribution in [-0.4, -0.2) is 16.6 Å². The Bertz CT molecular complexity index is 718. The van der Waals surface area contributed by atoms with E-state index in [0.717, 1.165) is 30.6 Å². The monoisotopic (exact) mass is 279 g/mol. The molecular weight excluding hydrogens is 262 g/mol. The van der Waals surface area contributed by atoms with Crippen molar-refractivity contribution in [2.45, 2.75) is 26.2 Å². The minimum Gasteiger partial charge on any atom is -0.508 e. The molecule has 1 aliphatic rings.